The number of aromatic nitrogens is 1. The van der Waals surface area contributed by atoms with Gasteiger partial charge < -0.3 is 19.9 Å². The van der Waals surface area contributed by atoms with Gasteiger partial charge in [0.25, 0.3) is 0 Å². The largest absolute Gasteiger partial charge is 0.444 e. The Labute approximate surface area is 164 Å². The van der Waals surface area contributed by atoms with Crippen molar-refractivity contribution in [1.82, 2.24) is 10.3 Å². The van der Waals surface area contributed by atoms with E-state index < -0.39 is 11.7 Å². The second-order valence-electron chi connectivity index (χ2n) is 8.40. The first-order chi connectivity index (χ1) is 13.1. The lowest BCUT2D eigenvalue weighted by molar-refractivity contribution is 0.0497. The molecule has 2 N–H and O–H groups in total. The topological polar surface area (TPSA) is 81.2 Å². The monoisotopic (exact) mass is 386 g/mol. The van der Waals surface area contributed by atoms with Crippen molar-refractivity contribution in [3.05, 3.63) is 28.7 Å². The maximum atomic E-state index is 14.9. The Kier molecular flexibility index (Phi) is 5.24. The molecule has 2 heterocycles. The number of aryl methyl sites for hydroxylation is 2. The molecule has 28 heavy (non-hydrogen) atoms. The highest BCUT2D eigenvalue weighted by molar-refractivity contribution is 5.99. The third-order valence-electron chi connectivity index (χ3n) is 5.16. The van der Waals surface area contributed by atoms with Crippen molar-refractivity contribution >= 4 is 22.7 Å². The molecule has 1 aliphatic heterocycles. The van der Waals surface area contributed by atoms with Crippen LogP contribution in [0.25, 0.3) is 10.9 Å². The van der Waals surface area contributed by atoms with Crippen LogP contribution < -0.4 is 10.2 Å². The van der Waals surface area contributed by atoms with Crippen LogP contribution in [0.5, 0.6) is 0 Å². The molecule has 7 heteroatoms. The molecule has 0 saturated carbocycles. The first kappa shape index (κ1) is 20.0. The van der Waals surface area contributed by atoms with Gasteiger partial charge in [0.1, 0.15) is 17.5 Å². The number of aromatic amines is 1. The van der Waals surface area contributed by atoms with Gasteiger partial charge in [0.05, 0.1) is 16.8 Å². The van der Waals surface area contributed by atoms with Crippen molar-refractivity contribution in [2.24, 2.45) is 0 Å². The molecule has 1 aromatic heterocycles. The molecule has 0 radical (unpaired) electrons. The van der Waals surface area contributed by atoms with E-state index in [1.807, 2.05) is 39.5 Å². The number of nitriles is 1. The van der Waals surface area contributed by atoms with Crippen LogP contribution in [0.15, 0.2) is 6.07 Å². The molecule has 0 atom stereocenters. The molecule has 0 unspecified atom stereocenters. The number of piperidine rings is 1. The standard InChI is InChI=1S/C21H27FN4O2/c1-12-13(2)24-18-14(11-23)10-16(22)19(17(12)18)26-8-6-15(7-9-26)25-20(27)28-21(3,4)5/h10,15,24H,6-9H2,1-5H3,(H,25,27). The van der Waals surface area contributed by atoms with E-state index in [0.29, 0.717) is 42.7 Å². The Morgan fingerprint density at radius 2 is 2.00 bits per heavy atom. The van der Waals surface area contributed by atoms with E-state index in [9.17, 15) is 14.4 Å². The van der Waals surface area contributed by atoms with Gasteiger partial charge in [0, 0.05) is 30.2 Å². The highest BCUT2D eigenvalue weighted by atomic mass is 19.1. The maximum absolute atomic E-state index is 14.9. The molecule has 0 bridgehead atoms. The average molecular weight is 386 g/mol. The number of nitrogens with zero attached hydrogens (tertiary/aromatic N) is 2. The number of anilines is 1. The lowest BCUT2D eigenvalue weighted by Gasteiger charge is -2.35. The predicted molar refractivity (Wildman–Crippen MR) is 107 cm³/mol. The van der Waals surface area contributed by atoms with Crippen LogP contribution in [0.1, 0.15) is 50.4 Å². The molecule has 1 aliphatic rings. The van der Waals surface area contributed by atoms with E-state index in [-0.39, 0.29) is 11.9 Å². The quantitative estimate of drug-likeness (QED) is 0.807. The normalized spacial score (nSPS) is 15.5. The van der Waals surface area contributed by atoms with Crippen molar-refractivity contribution in [1.29, 1.82) is 5.26 Å². The number of benzene rings is 1. The number of carbonyl (C=O) groups is 1. The molecule has 0 spiro atoms. The molecule has 2 aromatic rings. The van der Waals surface area contributed by atoms with E-state index in [1.165, 1.54) is 6.07 Å². The number of ether oxygens (including phenoxy) is 1. The van der Waals surface area contributed by atoms with Gasteiger partial charge in [-0.25, -0.2) is 9.18 Å². The summed E-state index contributed by atoms with van der Waals surface area (Å²) >= 11 is 0. The molecule has 6 nitrogen and oxygen atoms in total. The Morgan fingerprint density at radius 1 is 1.36 bits per heavy atom. The van der Waals surface area contributed by atoms with E-state index in [0.717, 1.165) is 16.6 Å². The number of rotatable bonds is 2. The van der Waals surface area contributed by atoms with Gasteiger partial charge in [0.15, 0.2) is 0 Å². The molecule has 3 rings (SSSR count). The summed E-state index contributed by atoms with van der Waals surface area (Å²) in [5.74, 6) is -0.385. The number of H-pyrrole nitrogens is 1. The van der Waals surface area contributed by atoms with E-state index in [1.54, 1.807) is 0 Å². The SMILES string of the molecule is Cc1[nH]c2c(C#N)cc(F)c(N3CCC(NC(=O)OC(C)(C)C)CC3)c2c1C. The molecule has 1 amide bonds. The minimum atomic E-state index is -0.536. The molecule has 0 aliphatic carbocycles. The lowest BCUT2D eigenvalue weighted by Crippen LogP contribution is -2.46. The predicted octanol–water partition coefficient (Wildman–Crippen LogP) is 4.29. The summed E-state index contributed by atoms with van der Waals surface area (Å²) in [5, 5.41) is 13.0. The van der Waals surface area contributed by atoms with E-state index in [2.05, 4.69) is 16.4 Å². The lowest BCUT2D eigenvalue weighted by atomic mass is 10.0. The van der Waals surface area contributed by atoms with Crippen LogP contribution in [0.2, 0.25) is 0 Å². The van der Waals surface area contributed by atoms with Crippen LogP contribution in [0, 0.1) is 31.0 Å². The molecular formula is C21H27FN4O2. The van der Waals surface area contributed by atoms with E-state index in [4.69, 9.17) is 4.74 Å². The molecule has 150 valence electrons. The number of alkyl carbamates (subject to hydrolysis) is 1. The zero-order valence-corrected chi connectivity index (χ0v) is 17.1. The Bertz CT molecular complexity index is 944. The Hall–Kier alpha value is -2.75. The average Bonchev–Trinajstić information content (AvgIpc) is 2.89. The number of carbonyl (C=O) groups excluding carboxylic acids is 1. The van der Waals surface area contributed by atoms with Gasteiger partial charge in [-0.05, 0) is 59.1 Å². The maximum Gasteiger partial charge on any atom is 0.407 e. The summed E-state index contributed by atoms with van der Waals surface area (Å²) in [7, 11) is 0. The number of hydrogen-bond acceptors (Lipinski definition) is 4. The second kappa shape index (κ2) is 7.34. The third kappa shape index (κ3) is 3.91. The van der Waals surface area contributed by atoms with Crippen molar-refractivity contribution in [2.45, 2.75) is 59.1 Å². The number of amides is 1. The van der Waals surface area contributed by atoms with Gasteiger partial charge in [0.2, 0.25) is 0 Å². The summed E-state index contributed by atoms with van der Waals surface area (Å²) in [6.45, 7) is 10.6. The van der Waals surface area contributed by atoms with Crippen LogP contribution >= 0.6 is 0 Å². The fraction of sp³-hybridized carbons (Fsp3) is 0.524. The van der Waals surface area contributed by atoms with Crippen LogP contribution in [-0.2, 0) is 4.74 Å². The second-order valence-corrected chi connectivity index (χ2v) is 8.40. The molecular weight excluding hydrogens is 359 g/mol. The van der Waals surface area contributed by atoms with Crippen LogP contribution in [-0.4, -0.2) is 35.8 Å². The molecule has 1 fully saturated rings. The Morgan fingerprint density at radius 3 is 2.57 bits per heavy atom. The Balaban J connectivity index is 1.80. The summed E-state index contributed by atoms with van der Waals surface area (Å²) in [4.78, 5) is 17.2. The highest BCUT2D eigenvalue weighted by Crippen LogP contribution is 2.37. The molecule has 1 aromatic carbocycles. The smallest absolute Gasteiger partial charge is 0.407 e. The third-order valence-corrected chi connectivity index (χ3v) is 5.16. The van der Waals surface area contributed by atoms with Gasteiger partial charge in [-0.3, -0.25) is 0 Å². The van der Waals surface area contributed by atoms with Crippen LogP contribution in [0.4, 0.5) is 14.9 Å². The summed E-state index contributed by atoms with van der Waals surface area (Å²) in [6, 6.07) is 3.38. The fourth-order valence-corrected chi connectivity index (χ4v) is 3.72. The summed E-state index contributed by atoms with van der Waals surface area (Å²) in [6.07, 6.45) is 0.973. The summed E-state index contributed by atoms with van der Waals surface area (Å²) < 4.78 is 20.3. The highest BCUT2D eigenvalue weighted by Gasteiger charge is 2.27. The van der Waals surface area contributed by atoms with Crippen LogP contribution in [0.3, 0.4) is 0 Å². The first-order valence-electron chi connectivity index (χ1n) is 9.56. The summed E-state index contributed by atoms with van der Waals surface area (Å²) in [5.41, 5.74) is 2.88. The van der Waals surface area contributed by atoms with Gasteiger partial charge in [-0.2, -0.15) is 5.26 Å². The van der Waals surface area contributed by atoms with Crippen molar-refractivity contribution in [2.75, 3.05) is 18.0 Å². The number of hydrogen-bond donors (Lipinski definition) is 2. The van der Waals surface area contributed by atoms with Gasteiger partial charge in [-0.15, -0.1) is 0 Å². The molecule has 1 saturated heterocycles. The van der Waals surface area contributed by atoms with Gasteiger partial charge in [-0.1, -0.05) is 0 Å². The first-order valence-corrected chi connectivity index (χ1v) is 9.56. The minimum absolute atomic E-state index is 0.00269. The van der Waals surface area contributed by atoms with E-state index >= 15 is 0 Å². The van der Waals surface area contributed by atoms with Crippen molar-refractivity contribution < 1.29 is 13.9 Å². The van der Waals surface area contributed by atoms with Crippen molar-refractivity contribution in [3.8, 4) is 6.07 Å². The number of fused-ring (bicyclic) bond motifs is 1. The fourth-order valence-electron chi connectivity index (χ4n) is 3.72. The van der Waals surface area contributed by atoms with Gasteiger partial charge >= 0.3 is 6.09 Å². The number of nitrogens with one attached hydrogen (secondary N) is 2. The van der Waals surface area contributed by atoms with Crippen molar-refractivity contribution in [3.63, 3.8) is 0 Å². The number of halogens is 1. The zero-order valence-electron chi connectivity index (χ0n) is 17.1. The minimum Gasteiger partial charge on any atom is -0.444 e. The zero-order chi connectivity index (χ0) is 20.6.